The molecule has 126 valence electrons. The van der Waals surface area contributed by atoms with Crippen LogP contribution in [0.5, 0.6) is 0 Å². The monoisotopic (exact) mass is 345 g/mol. The molecule has 0 saturated carbocycles. The van der Waals surface area contributed by atoms with Crippen molar-refractivity contribution < 1.29 is 17.6 Å². The zero-order valence-corrected chi connectivity index (χ0v) is 12.7. The SMILES string of the molecule is Fc1cc(C(F)(F)F)c2ccc(Nc3ccc4cc[nH]c4c3)nc2c1. The molecular weight excluding hydrogens is 334 g/mol. The van der Waals surface area contributed by atoms with E-state index in [1.165, 1.54) is 12.1 Å². The van der Waals surface area contributed by atoms with Crippen molar-refractivity contribution in [1.29, 1.82) is 0 Å². The maximum Gasteiger partial charge on any atom is 0.417 e. The number of hydrogen-bond donors (Lipinski definition) is 2. The van der Waals surface area contributed by atoms with Crippen LogP contribution in [0.4, 0.5) is 29.1 Å². The van der Waals surface area contributed by atoms with Crippen molar-refractivity contribution in [3.05, 3.63) is 66.1 Å². The summed E-state index contributed by atoms with van der Waals surface area (Å²) in [6.45, 7) is 0. The Balaban J connectivity index is 1.75. The van der Waals surface area contributed by atoms with Crippen LogP contribution in [0.2, 0.25) is 0 Å². The Hall–Kier alpha value is -3.09. The van der Waals surface area contributed by atoms with Crippen molar-refractivity contribution in [3.8, 4) is 0 Å². The molecule has 4 rings (SSSR count). The smallest absolute Gasteiger partial charge is 0.361 e. The number of rotatable bonds is 2. The molecule has 25 heavy (non-hydrogen) atoms. The molecular formula is C18H11F4N3. The molecule has 0 fully saturated rings. The number of fused-ring (bicyclic) bond motifs is 2. The largest absolute Gasteiger partial charge is 0.417 e. The molecule has 4 aromatic rings. The first-order valence-electron chi connectivity index (χ1n) is 7.42. The maximum absolute atomic E-state index is 13.6. The molecule has 0 atom stereocenters. The number of nitrogens with zero attached hydrogens (tertiary/aromatic N) is 1. The number of halogens is 4. The molecule has 0 aliphatic carbocycles. The minimum atomic E-state index is -4.64. The Morgan fingerprint density at radius 1 is 0.960 bits per heavy atom. The minimum absolute atomic E-state index is 0.0572. The van der Waals surface area contributed by atoms with Crippen LogP contribution in [0, 0.1) is 5.82 Å². The van der Waals surface area contributed by atoms with E-state index >= 15 is 0 Å². The van der Waals surface area contributed by atoms with Crippen molar-refractivity contribution >= 4 is 33.3 Å². The summed E-state index contributed by atoms with van der Waals surface area (Å²) in [5.74, 6) is -0.644. The summed E-state index contributed by atoms with van der Waals surface area (Å²) >= 11 is 0. The molecule has 0 bridgehead atoms. The molecule has 0 saturated heterocycles. The molecule has 7 heteroatoms. The molecule has 2 N–H and O–H groups in total. The second-order valence-electron chi connectivity index (χ2n) is 5.62. The lowest BCUT2D eigenvalue weighted by Crippen LogP contribution is -2.07. The Bertz CT molecular complexity index is 1080. The summed E-state index contributed by atoms with van der Waals surface area (Å²) in [6, 6.07) is 11.7. The van der Waals surface area contributed by atoms with Gasteiger partial charge in [0.1, 0.15) is 11.6 Å². The van der Waals surface area contributed by atoms with Gasteiger partial charge in [-0.3, -0.25) is 0 Å². The summed E-state index contributed by atoms with van der Waals surface area (Å²) in [5, 5.41) is 3.92. The Labute approximate surface area is 139 Å². The van der Waals surface area contributed by atoms with Crippen molar-refractivity contribution in [2.24, 2.45) is 0 Å². The Morgan fingerprint density at radius 3 is 2.60 bits per heavy atom. The van der Waals surface area contributed by atoms with Gasteiger partial charge in [-0.1, -0.05) is 6.07 Å². The lowest BCUT2D eigenvalue weighted by molar-refractivity contribution is -0.136. The molecule has 2 heterocycles. The number of aromatic nitrogens is 2. The molecule has 2 aromatic carbocycles. The second kappa shape index (κ2) is 5.47. The highest BCUT2D eigenvalue weighted by molar-refractivity contribution is 5.86. The number of alkyl halides is 3. The summed E-state index contributed by atoms with van der Waals surface area (Å²) in [7, 11) is 0. The van der Waals surface area contributed by atoms with Gasteiger partial charge in [-0.25, -0.2) is 9.37 Å². The van der Waals surface area contributed by atoms with Crippen molar-refractivity contribution in [3.63, 3.8) is 0 Å². The number of hydrogen-bond acceptors (Lipinski definition) is 2. The second-order valence-corrected chi connectivity index (χ2v) is 5.62. The van der Waals surface area contributed by atoms with Gasteiger partial charge in [0, 0.05) is 28.9 Å². The van der Waals surface area contributed by atoms with Gasteiger partial charge in [0.2, 0.25) is 0 Å². The van der Waals surface area contributed by atoms with Gasteiger partial charge in [-0.15, -0.1) is 0 Å². The van der Waals surface area contributed by atoms with Crippen LogP contribution >= 0.6 is 0 Å². The van der Waals surface area contributed by atoms with E-state index in [4.69, 9.17) is 0 Å². The van der Waals surface area contributed by atoms with Crippen molar-refractivity contribution in [2.45, 2.75) is 6.18 Å². The van der Waals surface area contributed by atoms with E-state index in [2.05, 4.69) is 15.3 Å². The molecule has 0 aliphatic rings. The molecule has 3 nitrogen and oxygen atoms in total. The third kappa shape index (κ3) is 2.88. The van der Waals surface area contributed by atoms with Crippen molar-refractivity contribution in [1.82, 2.24) is 9.97 Å². The highest BCUT2D eigenvalue weighted by Gasteiger charge is 2.33. The summed E-state index contributed by atoms with van der Waals surface area (Å²) in [4.78, 5) is 7.18. The Morgan fingerprint density at radius 2 is 1.80 bits per heavy atom. The van der Waals surface area contributed by atoms with Gasteiger partial charge in [0.15, 0.2) is 0 Å². The summed E-state index contributed by atoms with van der Waals surface area (Å²) < 4.78 is 52.7. The van der Waals surface area contributed by atoms with E-state index in [-0.39, 0.29) is 10.9 Å². The molecule has 0 aliphatic heterocycles. The number of nitrogens with one attached hydrogen (secondary N) is 2. The molecule has 0 radical (unpaired) electrons. The average molecular weight is 345 g/mol. The molecule has 0 amide bonds. The fraction of sp³-hybridized carbons (Fsp3) is 0.0556. The molecule has 2 aromatic heterocycles. The standard InChI is InChI=1S/C18H11F4N3/c19-11-7-14(18(20,21)22)13-3-4-17(25-16(13)8-11)24-12-2-1-10-5-6-23-15(10)9-12/h1-9,23H,(H,24,25). The highest BCUT2D eigenvalue weighted by atomic mass is 19.4. The van der Waals surface area contributed by atoms with Gasteiger partial charge in [0.05, 0.1) is 11.1 Å². The zero-order chi connectivity index (χ0) is 17.6. The summed E-state index contributed by atoms with van der Waals surface area (Å²) in [5.41, 5.74) is 0.540. The highest BCUT2D eigenvalue weighted by Crippen LogP contribution is 2.35. The van der Waals surface area contributed by atoms with E-state index < -0.39 is 17.6 Å². The molecule has 0 spiro atoms. The average Bonchev–Trinajstić information content (AvgIpc) is 3.00. The fourth-order valence-electron chi connectivity index (χ4n) is 2.78. The first-order chi connectivity index (χ1) is 11.9. The quantitative estimate of drug-likeness (QED) is 0.463. The predicted octanol–water partition coefficient (Wildman–Crippen LogP) is 5.62. The zero-order valence-electron chi connectivity index (χ0n) is 12.7. The van der Waals surface area contributed by atoms with E-state index in [1.807, 2.05) is 30.5 Å². The lowest BCUT2D eigenvalue weighted by atomic mass is 10.1. The van der Waals surface area contributed by atoms with Crippen LogP contribution in [-0.4, -0.2) is 9.97 Å². The van der Waals surface area contributed by atoms with Gasteiger partial charge >= 0.3 is 6.18 Å². The third-order valence-corrected chi connectivity index (χ3v) is 3.90. The van der Waals surface area contributed by atoms with Gasteiger partial charge < -0.3 is 10.3 Å². The predicted molar refractivity (Wildman–Crippen MR) is 88.3 cm³/mol. The van der Waals surface area contributed by atoms with Gasteiger partial charge in [-0.2, -0.15) is 13.2 Å². The first kappa shape index (κ1) is 15.4. The van der Waals surface area contributed by atoms with E-state index in [0.717, 1.165) is 17.0 Å². The number of aromatic amines is 1. The van der Waals surface area contributed by atoms with Crippen LogP contribution in [0.1, 0.15) is 5.56 Å². The molecule has 0 unspecified atom stereocenters. The number of anilines is 2. The van der Waals surface area contributed by atoms with Gasteiger partial charge in [-0.05, 0) is 41.8 Å². The van der Waals surface area contributed by atoms with Crippen LogP contribution in [-0.2, 0) is 6.18 Å². The first-order valence-corrected chi connectivity index (χ1v) is 7.42. The van der Waals surface area contributed by atoms with Crippen LogP contribution < -0.4 is 5.32 Å². The summed E-state index contributed by atoms with van der Waals surface area (Å²) in [6.07, 6.45) is -2.83. The Kier molecular flexibility index (Phi) is 3.38. The van der Waals surface area contributed by atoms with E-state index in [0.29, 0.717) is 17.6 Å². The number of H-pyrrole nitrogens is 1. The third-order valence-electron chi connectivity index (χ3n) is 3.90. The van der Waals surface area contributed by atoms with Crippen LogP contribution in [0.15, 0.2) is 54.7 Å². The maximum atomic E-state index is 13.6. The van der Waals surface area contributed by atoms with Crippen LogP contribution in [0.3, 0.4) is 0 Å². The minimum Gasteiger partial charge on any atom is -0.361 e. The lowest BCUT2D eigenvalue weighted by Gasteiger charge is -2.12. The number of pyridine rings is 1. The van der Waals surface area contributed by atoms with Gasteiger partial charge in [0.25, 0.3) is 0 Å². The van der Waals surface area contributed by atoms with E-state index in [1.54, 1.807) is 0 Å². The topological polar surface area (TPSA) is 40.7 Å². The van der Waals surface area contributed by atoms with E-state index in [9.17, 15) is 17.6 Å². The normalized spacial score (nSPS) is 12.0. The fourth-order valence-corrected chi connectivity index (χ4v) is 2.78. The number of benzene rings is 2. The van der Waals surface area contributed by atoms with Crippen LogP contribution in [0.25, 0.3) is 21.8 Å². The van der Waals surface area contributed by atoms with Crippen molar-refractivity contribution in [2.75, 3.05) is 5.32 Å².